The average Bonchev–Trinajstić information content (AvgIpc) is 2.42. The van der Waals surface area contributed by atoms with Gasteiger partial charge in [-0.1, -0.05) is 24.3 Å². The zero-order chi connectivity index (χ0) is 12.8. The van der Waals surface area contributed by atoms with Crippen LogP contribution in [0.2, 0.25) is 0 Å². The molecule has 1 heterocycles. The fraction of sp³-hybridized carbons (Fsp3) is 0.467. The van der Waals surface area contributed by atoms with Crippen molar-refractivity contribution in [2.45, 2.75) is 18.9 Å². The van der Waals surface area contributed by atoms with Crippen molar-refractivity contribution in [3.63, 3.8) is 0 Å². The molecule has 1 aliphatic heterocycles. The molecule has 2 rings (SSSR count). The molecule has 0 bridgehead atoms. The molecule has 1 fully saturated rings. The molecule has 0 atom stereocenters. The predicted molar refractivity (Wildman–Crippen MR) is 71.9 cm³/mol. The number of rotatable bonds is 4. The van der Waals surface area contributed by atoms with Crippen LogP contribution in [0, 0.1) is 5.82 Å². The number of ether oxygens (including phenoxy) is 1. The molecule has 0 spiro atoms. The van der Waals surface area contributed by atoms with Crippen LogP contribution >= 0.6 is 0 Å². The minimum Gasteiger partial charge on any atom is -0.381 e. The zero-order valence-corrected chi connectivity index (χ0v) is 10.8. The van der Waals surface area contributed by atoms with Crippen LogP contribution in [-0.2, 0) is 4.74 Å². The van der Waals surface area contributed by atoms with Gasteiger partial charge in [0.1, 0.15) is 5.82 Å². The Kier molecular flexibility index (Phi) is 4.90. The first-order chi connectivity index (χ1) is 8.75. The van der Waals surface area contributed by atoms with Crippen LogP contribution in [0.3, 0.4) is 0 Å². The van der Waals surface area contributed by atoms with E-state index in [0.29, 0.717) is 6.04 Å². The monoisotopic (exact) mass is 249 g/mol. The molecule has 18 heavy (non-hydrogen) atoms. The summed E-state index contributed by atoms with van der Waals surface area (Å²) in [6, 6.07) is 7.18. The van der Waals surface area contributed by atoms with E-state index < -0.39 is 0 Å². The number of likely N-dealkylation sites (N-methyl/N-ethyl adjacent to an activating group) is 1. The maximum atomic E-state index is 12.7. The fourth-order valence-corrected chi connectivity index (χ4v) is 2.20. The molecule has 0 aliphatic carbocycles. The lowest BCUT2D eigenvalue weighted by atomic mass is 10.1. The van der Waals surface area contributed by atoms with Gasteiger partial charge in [-0.25, -0.2) is 4.39 Å². The van der Waals surface area contributed by atoms with Crippen molar-refractivity contribution in [3.8, 4) is 0 Å². The fourth-order valence-electron chi connectivity index (χ4n) is 2.20. The van der Waals surface area contributed by atoms with Gasteiger partial charge in [-0.05, 0) is 37.6 Å². The highest BCUT2D eigenvalue weighted by Gasteiger charge is 2.16. The maximum absolute atomic E-state index is 12.7. The highest BCUT2D eigenvalue weighted by molar-refractivity contribution is 5.48. The van der Waals surface area contributed by atoms with Crippen LogP contribution in [0.25, 0.3) is 6.08 Å². The standard InChI is InChI=1S/C15H20FNO/c1-17(15-8-11-18-12-9-15)10-2-3-13-4-6-14(16)7-5-13/h2-7,15H,8-12H2,1H3/b3-2+. The quantitative estimate of drug-likeness (QED) is 0.813. The van der Waals surface area contributed by atoms with Gasteiger partial charge in [0.05, 0.1) is 0 Å². The second kappa shape index (κ2) is 6.66. The van der Waals surface area contributed by atoms with Gasteiger partial charge in [0.25, 0.3) is 0 Å². The van der Waals surface area contributed by atoms with E-state index in [1.807, 2.05) is 6.08 Å². The molecule has 1 aromatic carbocycles. The lowest BCUT2D eigenvalue weighted by Crippen LogP contribution is -2.36. The Morgan fingerprint density at radius 1 is 1.28 bits per heavy atom. The van der Waals surface area contributed by atoms with Crippen LogP contribution in [0.5, 0.6) is 0 Å². The van der Waals surface area contributed by atoms with E-state index in [1.54, 1.807) is 12.1 Å². The number of hydrogen-bond donors (Lipinski definition) is 0. The molecule has 3 heteroatoms. The average molecular weight is 249 g/mol. The smallest absolute Gasteiger partial charge is 0.123 e. The third-order valence-corrected chi connectivity index (χ3v) is 3.39. The molecule has 0 unspecified atom stereocenters. The first kappa shape index (κ1) is 13.2. The molecule has 1 saturated heterocycles. The highest BCUT2D eigenvalue weighted by Crippen LogP contribution is 2.12. The van der Waals surface area contributed by atoms with Gasteiger partial charge in [-0.15, -0.1) is 0 Å². The van der Waals surface area contributed by atoms with Crippen molar-refractivity contribution in [2.24, 2.45) is 0 Å². The molecule has 1 aromatic rings. The first-order valence-corrected chi connectivity index (χ1v) is 6.46. The van der Waals surface area contributed by atoms with E-state index in [4.69, 9.17) is 4.74 Å². The predicted octanol–water partition coefficient (Wildman–Crippen LogP) is 2.95. The summed E-state index contributed by atoms with van der Waals surface area (Å²) in [6.45, 7) is 2.66. The lowest BCUT2D eigenvalue weighted by molar-refractivity contribution is 0.0466. The summed E-state index contributed by atoms with van der Waals surface area (Å²) in [6.07, 6.45) is 6.39. The topological polar surface area (TPSA) is 12.5 Å². The molecule has 0 N–H and O–H groups in total. The van der Waals surface area contributed by atoms with Crippen LogP contribution in [0.4, 0.5) is 4.39 Å². The van der Waals surface area contributed by atoms with Gasteiger partial charge in [-0.2, -0.15) is 0 Å². The Hall–Kier alpha value is -1.19. The Morgan fingerprint density at radius 2 is 1.94 bits per heavy atom. The summed E-state index contributed by atoms with van der Waals surface area (Å²) < 4.78 is 18.1. The van der Waals surface area contributed by atoms with E-state index in [1.165, 1.54) is 12.1 Å². The summed E-state index contributed by atoms with van der Waals surface area (Å²) in [5, 5.41) is 0. The van der Waals surface area contributed by atoms with Gasteiger partial charge >= 0.3 is 0 Å². The molecular formula is C15H20FNO. The molecule has 0 amide bonds. The minimum atomic E-state index is -0.188. The maximum Gasteiger partial charge on any atom is 0.123 e. The summed E-state index contributed by atoms with van der Waals surface area (Å²) in [7, 11) is 2.14. The van der Waals surface area contributed by atoms with Gasteiger partial charge in [0.2, 0.25) is 0 Å². The third kappa shape index (κ3) is 3.93. The van der Waals surface area contributed by atoms with Crippen molar-refractivity contribution in [3.05, 3.63) is 41.7 Å². The number of nitrogens with zero attached hydrogens (tertiary/aromatic N) is 1. The van der Waals surface area contributed by atoms with Crippen LogP contribution < -0.4 is 0 Å². The summed E-state index contributed by atoms with van der Waals surface area (Å²) >= 11 is 0. The number of hydrogen-bond acceptors (Lipinski definition) is 2. The highest BCUT2D eigenvalue weighted by atomic mass is 19.1. The van der Waals surface area contributed by atoms with Crippen molar-refractivity contribution >= 4 is 6.08 Å². The van der Waals surface area contributed by atoms with Crippen LogP contribution in [0.1, 0.15) is 18.4 Å². The normalized spacial score (nSPS) is 17.7. The number of benzene rings is 1. The van der Waals surface area contributed by atoms with E-state index in [9.17, 15) is 4.39 Å². The molecule has 0 saturated carbocycles. The van der Waals surface area contributed by atoms with Crippen molar-refractivity contribution in [1.82, 2.24) is 4.90 Å². The van der Waals surface area contributed by atoms with Crippen molar-refractivity contribution < 1.29 is 9.13 Å². The minimum absolute atomic E-state index is 0.188. The first-order valence-electron chi connectivity index (χ1n) is 6.46. The van der Waals surface area contributed by atoms with Crippen LogP contribution in [-0.4, -0.2) is 37.7 Å². The van der Waals surface area contributed by atoms with Gasteiger partial charge in [0, 0.05) is 25.8 Å². The Bertz CT molecular complexity index is 382. The van der Waals surface area contributed by atoms with Crippen molar-refractivity contribution in [1.29, 1.82) is 0 Å². The van der Waals surface area contributed by atoms with Crippen LogP contribution in [0.15, 0.2) is 30.3 Å². The second-order valence-corrected chi connectivity index (χ2v) is 4.74. The molecule has 0 aromatic heterocycles. The van der Waals surface area contributed by atoms with E-state index in [-0.39, 0.29) is 5.82 Å². The zero-order valence-electron chi connectivity index (χ0n) is 10.8. The molecule has 1 aliphatic rings. The lowest BCUT2D eigenvalue weighted by Gasteiger charge is -2.30. The van der Waals surface area contributed by atoms with E-state index >= 15 is 0 Å². The summed E-state index contributed by atoms with van der Waals surface area (Å²) in [5.74, 6) is -0.188. The van der Waals surface area contributed by atoms with Gasteiger partial charge < -0.3 is 4.74 Å². The Labute approximate surface area is 108 Å². The van der Waals surface area contributed by atoms with E-state index in [0.717, 1.165) is 38.2 Å². The largest absolute Gasteiger partial charge is 0.381 e. The summed E-state index contributed by atoms with van der Waals surface area (Å²) in [4.78, 5) is 2.35. The number of halogens is 1. The third-order valence-electron chi connectivity index (χ3n) is 3.39. The molecule has 2 nitrogen and oxygen atoms in total. The van der Waals surface area contributed by atoms with Gasteiger partial charge in [0.15, 0.2) is 0 Å². The molecular weight excluding hydrogens is 229 g/mol. The Balaban J connectivity index is 1.81. The second-order valence-electron chi connectivity index (χ2n) is 4.74. The van der Waals surface area contributed by atoms with E-state index in [2.05, 4.69) is 18.0 Å². The molecule has 0 radical (unpaired) electrons. The van der Waals surface area contributed by atoms with Gasteiger partial charge in [-0.3, -0.25) is 4.90 Å². The summed E-state index contributed by atoms with van der Waals surface area (Å²) in [5.41, 5.74) is 1.04. The molecule has 98 valence electrons. The SMILES string of the molecule is CN(C/C=C/c1ccc(F)cc1)C1CCOCC1. The van der Waals surface area contributed by atoms with Crippen molar-refractivity contribution in [2.75, 3.05) is 26.8 Å². The Morgan fingerprint density at radius 3 is 2.61 bits per heavy atom.